The predicted octanol–water partition coefficient (Wildman–Crippen LogP) is 4.57. The number of amides is 3. The minimum absolute atomic E-state index is 0.192. The first-order valence-electron chi connectivity index (χ1n) is 10.8. The number of nitrogens with zero attached hydrogens (tertiary/aromatic N) is 2. The van der Waals surface area contributed by atoms with Crippen molar-refractivity contribution in [2.75, 3.05) is 26.1 Å². The Morgan fingerprint density at radius 3 is 2.53 bits per heavy atom. The van der Waals surface area contributed by atoms with Gasteiger partial charge in [-0.15, -0.1) is 11.3 Å². The van der Waals surface area contributed by atoms with Gasteiger partial charge in [0.25, 0.3) is 5.91 Å². The lowest BCUT2D eigenvalue weighted by Crippen LogP contribution is -2.39. The maximum atomic E-state index is 13.1. The van der Waals surface area contributed by atoms with Gasteiger partial charge in [-0.1, -0.05) is 29.8 Å². The second kappa shape index (κ2) is 10.4. The summed E-state index contributed by atoms with van der Waals surface area (Å²) >= 11 is 1.57. The molecule has 1 aliphatic rings. The number of nitrogens with one attached hydrogen (secondary N) is 2. The molecule has 0 saturated carbocycles. The number of aryl methyl sites for hydroxylation is 1. The molecule has 1 atom stereocenters. The molecule has 9 heteroatoms. The Morgan fingerprint density at radius 2 is 1.85 bits per heavy atom. The molecule has 0 spiro atoms. The van der Waals surface area contributed by atoms with Crippen molar-refractivity contribution in [3.05, 3.63) is 76.0 Å². The molecular weight excluding hydrogens is 452 g/mol. The smallest absolute Gasteiger partial charge is 0.319 e. The normalized spacial score (nSPS) is 15.0. The number of rotatable bonds is 7. The van der Waals surface area contributed by atoms with Crippen molar-refractivity contribution in [3.63, 3.8) is 0 Å². The molecule has 176 valence electrons. The highest BCUT2D eigenvalue weighted by Crippen LogP contribution is 2.37. The number of hydrogen-bond donors (Lipinski definition) is 2. The fourth-order valence-electron chi connectivity index (χ4n) is 3.70. The molecule has 0 radical (unpaired) electrons. The Balaban J connectivity index is 1.50. The third kappa shape index (κ3) is 5.20. The molecule has 1 aromatic heterocycles. The number of anilines is 1. The first-order valence-corrected chi connectivity index (χ1v) is 11.6. The van der Waals surface area contributed by atoms with Gasteiger partial charge in [-0.3, -0.25) is 4.79 Å². The van der Waals surface area contributed by atoms with Crippen LogP contribution in [0.4, 0.5) is 10.5 Å². The van der Waals surface area contributed by atoms with E-state index in [1.54, 1.807) is 25.6 Å². The summed E-state index contributed by atoms with van der Waals surface area (Å²) in [5.41, 5.74) is 3.44. The maximum absolute atomic E-state index is 13.1. The van der Waals surface area contributed by atoms with E-state index in [9.17, 15) is 9.59 Å². The number of urea groups is 1. The van der Waals surface area contributed by atoms with Crippen LogP contribution in [0.5, 0.6) is 11.5 Å². The van der Waals surface area contributed by atoms with Crippen molar-refractivity contribution in [3.8, 4) is 11.5 Å². The van der Waals surface area contributed by atoms with Crippen LogP contribution in [-0.2, 0) is 4.79 Å². The van der Waals surface area contributed by atoms with E-state index in [0.29, 0.717) is 23.6 Å². The molecule has 8 nitrogen and oxygen atoms in total. The van der Waals surface area contributed by atoms with E-state index in [2.05, 4.69) is 15.7 Å². The van der Waals surface area contributed by atoms with Gasteiger partial charge in [0.05, 0.1) is 30.9 Å². The van der Waals surface area contributed by atoms with Crippen LogP contribution in [0.3, 0.4) is 0 Å². The van der Waals surface area contributed by atoms with Crippen molar-refractivity contribution in [2.45, 2.75) is 19.4 Å². The molecule has 1 aliphatic heterocycles. The van der Waals surface area contributed by atoms with Crippen LogP contribution in [0.2, 0.25) is 0 Å². The summed E-state index contributed by atoms with van der Waals surface area (Å²) in [6.45, 7) is 1.78. The molecule has 0 saturated heterocycles. The Morgan fingerprint density at radius 1 is 1.09 bits per heavy atom. The summed E-state index contributed by atoms with van der Waals surface area (Å²) in [6, 6.07) is 16.1. The maximum Gasteiger partial charge on any atom is 0.319 e. The van der Waals surface area contributed by atoms with Gasteiger partial charge in [-0.2, -0.15) is 5.10 Å². The van der Waals surface area contributed by atoms with Crippen molar-refractivity contribution in [1.82, 2.24) is 10.3 Å². The van der Waals surface area contributed by atoms with Gasteiger partial charge in [0.1, 0.15) is 6.54 Å². The summed E-state index contributed by atoms with van der Waals surface area (Å²) < 4.78 is 10.8. The molecule has 3 amide bonds. The third-order valence-electron chi connectivity index (χ3n) is 5.47. The van der Waals surface area contributed by atoms with Crippen LogP contribution in [0.25, 0.3) is 0 Å². The predicted molar refractivity (Wildman–Crippen MR) is 133 cm³/mol. The molecule has 0 unspecified atom stereocenters. The van der Waals surface area contributed by atoms with E-state index >= 15 is 0 Å². The average molecular weight is 479 g/mol. The quantitative estimate of drug-likeness (QED) is 0.520. The Labute approximate surface area is 202 Å². The van der Waals surface area contributed by atoms with Gasteiger partial charge in [-0.25, -0.2) is 9.80 Å². The van der Waals surface area contributed by atoms with Gasteiger partial charge < -0.3 is 20.1 Å². The molecule has 2 heterocycles. The van der Waals surface area contributed by atoms with Crippen LogP contribution in [0, 0.1) is 6.92 Å². The van der Waals surface area contributed by atoms with Crippen molar-refractivity contribution < 1.29 is 19.1 Å². The van der Waals surface area contributed by atoms with E-state index < -0.39 is 6.03 Å². The standard InChI is InChI=1S/C25H26N4O4S/c1-16-6-9-18(10-7-16)27-25(31)26-15-24(30)29-20(14-19(28-29)23-5-4-12-34-23)17-8-11-21(32-2)22(13-17)33-3/h4-13,20H,14-15H2,1-3H3,(H2,26,27,31)/t20-/m0/s1. The molecule has 0 aliphatic carbocycles. The number of methoxy groups -OCH3 is 2. The summed E-state index contributed by atoms with van der Waals surface area (Å²) in [7, 11) is 3.15. The zero-order valence-corrected chi connectivity index (χ0v) is 20.0. The number of hydrogen-bond acceptors (Lipinski definition) is 6. The first kappa shape index (κ1) is 23.3. The Hall–Kier alpha value is -3.85. The SMILES string of the molecule is COc1ccc([C@@H]2CC(c3cccs3)=NN2C(=O)CNC(=O)Nc2ccc(C)cc2)cc1OC. The number of benzene rings is 2. The van der Waals surface area contributed by atoms with Crippen LogP contribution in [-0.4, -0.2) is 43.4 Å². The van der Waals surface area contributed by atoms with Gasteiger partial charge >= 0.3 is 6.03 Å². The van der Waals surface area contributed by atoms with Crippen LogP contribution >= 0.6 is 11.3 Å². The second-order valence-electron chi connectivity index (χ2n) is 7.77. The second-order valence-corrected chi connectivity index (χ2v) is 8.72. The molecule has 3 aromatic rings. The minimum Gasteiger partial charge on any atom is -0.493 e. The van der Waals surface area contributed by atoms with Crippen molar-refractivity contribution in [1.29, 1.82) is 0 Å². The van der Waals surface area contributed by atoms with Crippen LogP contribution in [0.1, 0.15) is 28.5 Å². The molecule has 0 fully saturated rings. The summed E-state index contributed by atoms with van der Waals surface area (Å²) in [5.74, 6) is 0.869. The summed E-state index contributed by atoms with van der Waals surface area (Å²) in [5, 5.41) is 13.4. The highest BCUT2D eigenvalue weighted by molar-refractivity contribution is 7.12. The number of ether oxygens (including phenoxy) is 2. The van der Waals surface area contributed by atoms with Crippen LogP contribution in [0.15, 0.2) is 65.1 Å². The van der Waals surface area contributed by atoms with E-state index in [0.717, 1.165) is 21.7 Å². The van der Waals surface area contributed by atoms with Crippen molar-refractivity contribution in [2.24, 2.45) is 5.10 Å². The largest absolute Gasteiger partial charge is 0.493 e. The lowest BCUT2D eigenvalue weighted by molar-refractivity contribution is -0.131. The number of thiophene rings is 1. The first-order chi connectivity index (χ1) is 16.5. The molecule has 4 rings (SSSR count). The molecule has 2 N–H and O–H groups in total. The lowest BCUT2D eigenvalue weighted by Gasteiger charge is -2.23. The van der Waals surface area contributed by atoms with Gasteiger partial charge in [0.15, 0.2) is 11.5 Å². The number of carbonyl (C=O) groups excluding carboxylic acids is 2. The van der Waals surface area contributed by atoms with Crippen LogP contribution < -0.4 is 20.1 Å². The van der Waals surface area contributed by atoms with E-state index in [4.69, 9.17) is 9.47 Å². The Kier molecular flexibility index (Phi) is 7.12. The average Bonchev–Trinajstić information content (AvgIpc) is 3.54. The third-order valence-corrected chi connectivity index (χ3v) is 6.39. The number of carbonyl (C=O) groups is 2. The fourth-order valence-corrected chi connectivity index (χ4v) is 4.42. The van der Waals surface area contributed by atoms with Crippen molar-refractivity contribution >= 4 is 34.7 Å². The zero-order valence-electron chi connectivity index (χ0n) is 19.2. The minimum atomic E-state index is -0.457. The Bertz CT molecular complexity index is 1190. The molecule has 2 aromatic carbocycles. The van der Waals surface area contributed by atoms with Gasteiger partial charge in [0.2, 0.25) is 0 Å². The van der Waals surface area contributed by atoms with E-state index in [1.165, 1.54) is 5.01 Å². The lowest BCUT2D eigenvalue weighted by atomic mass is 10.0. The summed E-state index contributed by atoms with van der Waals surface area (Å²) in [4.78, 5) is 26.5. The molecule has 0 bridgehead atoms. The highest BCUT2D eigenvalue weighted by Gasteiger charge is 2.34. The summed E-state index contributed by atoms with van der Waals surface area (Å²) in [6.07, 6.45) is 0.553. The van der Waals surface area contributed by atoms with E-state index in [1.807, 2.05) is 66.9 Å². The highest BCUT2D eigenvalue weighted by atomic mass is 32.1. The van der Waals surface area contributed by atoms with E-state index in [-0.39, 0.29) is 18.5 Å². The van der Waals surface area contributed by atoms with Gasteiger partial charge in [-0.05, 0) is 48.2 Å². The molecule has 34 heavy (non-hydrogen) atoms. The molecular formula is C25H26N4O4S. The van der Waals surface area contributed by atoms with Gasteiger partial charge in [0, 0.05) is 12.1 Å². The topological polar surface area (TPSA) is 92.3 Å². The zero-order chi connectivity index (χ0) is 24.1. The number of hydrazone groups is 1. The monoisotopic (exact) mass is 478 g/mol. The fraction of sp³-hybridized carbons (Fsp3) is 0.240.